The standard InChI is InChI=1S/C24H24Cl2N4O4/c1-15-27-13-22(34-15)18-5-4-17(12-21(18)33-2)29-8-7-24(32)30(10-9-29)14-23(31)28-16-3-6-19(25)20(26)11-16/h3-6,11-13H,7-10,14H2,1-2H3,(H,28,31). The number of nitrogens with one attached hydrogen (secondary N) is 1. The van der Waals surface area contributed by atoms with E-state index in [9.17, 15) is 9.59 Å². The molecular formula is C24H24Cl2N4O4. The predicted molar refractivity (Wildman–Crippen MR) is 132 cm³/mol. The van der Waals surface area contributed by atoms with Crippen LogP contribution in [0.15, 0.2) is 47.0 Å². The van der Waals surface area contributed by atoms with Gasteiger partial charge in [-0.1, -0.05) is 23.2 Å². The second-order valence-corrected chi connectivity index (χ2v) is 8.67. The Labute approximate surface area is 207 Å². The highest BCUT2D eigenvalue weighted by Crippen LogP contribution is 2.34. The van der Waals surface area contributed by atoms with E-state index in [1.807, 2.05) is 18.2 Å². The van der Waals surface area contributed by atoms with E-state index < -0.39 is 0 Å². The lowest BCUT2D eigenvalue weighted by atomic mass is 10.1. The third-order valence-electron chi connectivity index (χ3n) is 5.56. The summed E-state index contributed by atoms with van der Waals surface area (Å²) >= 11 is 11.9. The van der Waals surface area contributed by atoms with Crippen LogP contribution in [-0.2, 0) is 9.59 Å². The lowest BCUT2D eigenvalue weighted by Gasteiger charge is -2.24. The molecule has 1 aliphatic heterocycles. The summed E-state index contributed by atoms with van der Waals surface area (Å²) in [4.78, 5) is 33.0. The largest absolute Gasteiger partial charge is 0.496 e. The fourth-order valence-corrected chi connectivity index (χ4v) is 4.10. The number of aryl methyl sites for hydroxylation is 1. The average Bonchev–Trinajstić information content (AvgIpc) is 3.17. The second-order valence-electron chi connectivity index (χ2n) is 7.86. The van der Waals surface area contributed by atoms with E-state index in [0.29, 0.717) is 59.2 Å². The van der Waals surface area contributed by atoms with Crippen molar-refractivity contribution in [2.24, 2.45) is 0 Å². The first-order chi connectivity index (χ1) is 16.3. The monoisotopic (exact) mass is 502 g/mol. The summed E-state index contributed by atoms with van der Waals surface area (Å²) in [6.07, 6.45) is 1.96. The first-order valence-electron chi connectivity index (χ1n) is 10.7. The molecule has 178 valence electrons. The number of nitrogens with zero attached hydrogens (tertiary/aromatic N) is 3. The molecule has 0 spiro atoms. The van der Waals surface area contributed by atoms with Gasteiger partial charge >= 0.3 is 0 Å². The molecule has 2 amide bonds. The molecule has 1 aliphatic rings. The van der Waals surface area contributed by atoms with Crippen LogP contribution in [0.2, 0.25) is 10.0 Å². The number of carbonyl (C=O) groups is 2. The molecule has 0 aliphatic carbocycles. The van der Waals surface area contributed by atoms with Crippen molar-refractivity contribution < 1.29 is 18.7 Å². The molecule has 0 radical (unpaired) electrons. The quantitative estimate of drug-likeness (QED) is 0.527. The fraction of sp³-hybridized carbons (Fsp3) is 0.292. The predicted octanol–water partition coefficient (Wildman–Crippen LogP) is 4.64. The minimum Gasteiger partial charge on any atom is -0.496 e. The van der Waals surface area contributed by atoms with Gasteiger partial charge in [0.25, 0.3) is 0 Å². The van der Waals surface area contributed by atoms with Crippen LogP contribution in [-0.4, -0.2) is 55.0 Å². The molecule has 4 rings (SSSR count). The van der Waals surface area contributed by atoms with Gasteiger partial charge in [0.2, 0.25) is 11.8 Å². The maximum absolute atomic E-state index is 12.7. The summed E-state index contributed by atoms with van der Waals surface area (Å²) in [6.45, 7) is 3.28. The molecule has 8 nitrogen and oxygen atoms in total. The van der Waals surface area contributed by atoms with Gasteiger partial charge in [-0.15, -0.1) is 0 Å². The van der Waals surface area contributed by atoms with Gasteiger partial charge in [-0.25, -0.2) is 4.98 Å². The van der Waals surface area contributed by atoms with Gasteiger partial charge in [0.15, 0.2) is 11.7 Å². The number of anilines is 2. The van der Waals surface area contributed by atoms with Gasteiger partial charge in [0, 0.05) is 50.4 Å². The third kappa shape index (κ3) is 5.46. The highest BCUT2D eigenvalue weighted by molar-refractivity contribution is 6.42. The average molecular weight is 503 g/mol. The van der Waals surface area contributed by atoms with Crippen molar-refractivity contribution in [1.29, 1.82) is 0 Å². The Morgan fingerprint density at radius 3 is 2.68 bits per heavy atom. The highest BCUT2D eigenvalue weighted by atomic mass is 35.5. The first-order valence-corrected chi connectivity index (χ1v) is 11.5. The van der Waals surface area contributed by atoms with Crippen LogP contribution in [0.3, 0.4) is 0 Å². The molecule has 0 unspecified atom stereocenters. The van der Waals surface area contributed by atoms with Crippen LogP contribution >= 0.6 is 23.2 Å². The van der Waals surface area contributed by atoms with Crippen LogP contribution < -0.4 is 15.0 Å². The number of hydrogen-bond donors (Lipinski definition) is 1. The molecule has 3 aromatic rings. The zero-order valence-electron chi connectivity index (χ0n) is 18.8. The summed E-state index contributed by atoms with van der Waals surface area (Å²) in [7, 11) is 1.60. The number of benzene rings is 2. The van der Waals surface area contributed by atoms with Crippen molar-refractivity contribution in [2.45, 2.75) is 13.3 Å². The van der Waals surface area contributed by atoms with Crippen molar-refractivity contribution in [3.8, 4) is 17.1 Å². The van der Waals surface area contributed by atoms with E-state index in [-0.39, 0.29) is 18.4 Å². The maximum Gasteiger partial charge on any atom is 0.243 e. The molecule has 0 atom stereocenters. The van der Waals surface area contributed by atoms with E-state index in [0.717, 1.165) is 11.3 Å². The van der Waals surface area contributed by atoms with Crippen molar-refractivity contribution >= 4 is 46.4 Å². The zero-order valence-corrected chi connectivity index (χ0v) is 20.3. The molecule has 2 heterocycles. The first kappa shape index (κ1) is 23.9. The molecule has 0 bridgehead atoms. The van der Waals surface area contributed by atoms with Crippen LogP contribution in [0.1, 0.15) is 12.3 Å². The van der Waals surface area contributed by atoms with Gasteiger partial charge in [-0.2, -0.15) is 0 Å². The molecule has 1 aromatic heterocycles. The molecule has 1 fully saturated rings. The summed E-state index contributed by atoms with van der Waals surface area (Å²) in [5, 5.41) is 3.51. The normalized spacial score (nSPS) is 14.2. The number of carbonyl (C=O) groups excluding carboxylic acids is 2. The highest BCUT2D eigenvalue weighted by Gasteiger charge is 2.24. The smallest absolute Gasteiger partial charge is 0.243 e. The van der Waals surface area contributed by atoms with Gasteiger partial charge < -0.3 is 24.3 Å². The van der Waals surface area contributed by atoms with E-state index in [4.69, 9.17) is 32.4 Å². The Hall–Kier alpha value is -3.23. The van der Waals surface area contributed by atoms with E-state index in [1.165, 1.54) is 0 Å². The minimum absolute atomic E-state index is 0.0416. The molecular weight excluding hydrogens is 479 g/mol. The minimum atomic E-state index is -0.298. The van der Waals surface area contributed by atoms with Crippen molar-refractivity contribution in [1.82, 2.24) is 9.88 Å². The lowest BCUT2D eigenvalue weighted by molar-refractivity contribution is -0.133. The summed E-state index contributed by atoms with van der Waals surface area (Å²) in [5.41, 5.74) is 2.25. The molecule has 1 N–H and O–H groups in total. The number of halogens is 2. The Balaban J connectivity index is 1.42. The summed E-state index contributed by atoms with van der Waals surface area (Å²) in [5.74, 6) is 1.49. The molecule has 10 heteroatoms. The number of ether oxygens (including phenoxy) is 1. The molecule has 1 saturated heterocycles. The van der Waals surface area contributed by atoms with Crippen LogP contribution in [0.4, 0.5) is 11.4 Å². The SMILES string of the molecule is COc1cc(N2CCC(=O)N(CC(=O)Nc3ccc(Cl)c(Cl)c3)CC2)ccc1-c1cnc(C)o1. The number of oxazole rings is 1. The molecule has 34 heavy (non-hydrogen) atoms. The van der Waals surface area contributed by atoms with E-state index in [2.05, 4.69) is 15.2 Å². The Morgan fingerprint density at radius 1 is 1.15 bits per heavy atom. The number of rotatable bonds is 6. The lowest BCUT2D eigenvalue weighted by Crippen LogP contribution is -2.39. The second kappa shape index (κ2) is 10.4. The van der Waals surface area contributed by atoms with E-state index >= 15 is 0 Å². The fourth-order valence-electron chi connectivity index (χ4n) is 3.81. The van der Waals surface area contributed by atoms with E-state index in [1.54, 1.807) is 43.3 Å². The number of amides is 2. The Kier molecular flexibility index (Phi) is 7.29. The van der Waals surface area contributed by atoms with Crippen LogP contribution in [0.25, 0.3) is 11.3 Å². The maximum atomic E-state index is 12.7. The summed E-state index contributed by atoms with van der Waals surface area (Å²) < 4.78 is 11.2. The van der Waals surface area contributed by atoms with Gasteiger partial charge in [0.05, 0.1) is 35.5 Å². The third-order valence-corrected chi connectivity index (χ3v) is 6.30. The topological polar surface area (TPSA) is 87.9 Å². The molecule has 2 aromatic carbocycles. The van der Waals surface area contributed by atoms with Crippen molar-refractivity contribution in [3.63, 3.8) is 0 Å². The van der Waals surface area contributed by atoms with Gasteiger partial charge in [0.1, 0.15) is 5.75 Å². The van der Waals surface area contributed by atoms with Crippen LogP contribution in [0.5, 0.6) is 5.75 Å². The number of hydrogen-bond acceptors (Lipinski definition) is 6. The molecule has 0 saturated carbocycles. The summed E-state index contributed by atoms with van der Waals surface area (Å²) in [6, 6.07) is 10.7. The number of methoxy groups -OCH3 is 1. The van der Waals surface area contributed by atoms with Gasteiger partial charge in [-0.3, -0.25) is 9.59 Å². The van der Waals surface area contributed by atoms with Crippen molar-refractivity contribution in [2.75, 3.05) is 43.5 Å². The van der Waals surface area contributed by atoms with Crippen LogP contribution in [0, 0.1) is 6.92 Å². The number of aromatic nitrogens is 1. The Morgan fingerprint density at radius 2 is 1.97 bits per heavy atom. The van der Waals surface area contributed by atoms with Gasteiger partial charge in [-0.05, 0) is 30.3 Å². The van der Waals surface area contributed by atoms with Crippen molar-refractivity contribution in [3.05, 3.63) is 58.5 Å². The Bertz CT molecular complexity index is 1210. The zero-order chi connectivity index (χ0) is 24.2.